The van der Waals surface area contributed by atoms with Crippen molar-refractivity contribution >= 4 is 5.97 Å². The van der Waals surface area contributed by atoms with Gasteiger partial charge in [-0.2, -0.15) is 0 Å². The van der Waals surface area contributed by atoms with Gasteiger partial charge in [-0.15, -0.1) is 0 Å². The van der Waals surface area contributed by atoms with Crippen molar-refractivity contribution in [2.24, 2.45) is 0 Å². The second kappa shape index (κ2) is 3.12. The van der Waals surface area contributed by atoms with Crippen molar-refractivity contribution in [3.05, 3.63) is 28.8 Å². The van der Waals surface area contributed by atoms with E-state index in [-0.39, 0.29) is 5.97 Å². The number of esters is 1. The van der Waals surface area contributed by atoms with E-state index in [4.69, 9.17) is 4.74 Å². The Labute approximate surface area is 83.9 Å². The number of rotatable bonds is 1. The van der Waals surface area contributed by atoms with Crippen LogP contribution in [0.25, 0.3) is 0 Å². The van der Waals surface area contributed by atoms with Gasteiger partial charge in [0.2, 0.25) is 0 Å². The van der Waals surface area contributed by atoms with Crippen LogP contribution >= 0.6 is 0 Å². The Balaban J connectivity index is 2.58. The quantitative estimate of drug-likeness (QED) is 0.502. The number of carbonyl (C=O) groups excluding carboxylic acids is 1. The Morgan fingerprint density at radius 3 is 2.71 bits per heavy atom. The van der Waals surface area contributed by atoms with Crippen molar-refractivity contribution in [1.29, 1.82) is 0 Å². The summed E-state index contributed by atoms with van der Waals surface area (Å²) in [6, 6.07) is 4.12. The molecule has 1 aromatic rings. The van der Waals surface area contributed by atoms with Gasteiger partial charge >= 0.3 is 5.97 Å². The molecule has 0 saturated carbocycles. The zero-order chi connectivity index (χ0) is 10.3. The average Bonchev–Trinajstić information content (AvgIpc) is 2.47. The van der Waals surface area contributed by atoms with Crippen molar-refractivity contribution in [3.63, 3.8) is 0 Å². The monoisotopic (exact) mass is 190 g/mol. The fourth-order valence-corrected chi connectivity index (χ4v) is 1.83. The molecule has 74 valence electrons. The van der Waals surface area contributed by atoms with Gasteiger partial charge < -0.3 is 4.74 Å². The second-order valence-electron chi connectivity index (χ2n) is 4.08. The minimum Gasteiger partial charge on any atom is -0.426 e. The lowest BCUT2D eigenvalue weighted by Gasteiger charge is -2.11. The maximum absolute atomic E-state index is 11.2. The predicted octanol–water partition coefficient (Wildman–Crippen LogP) is 2.58. The SMILES string of the molecule is Cc1ccc(C(C)C)c2c1CC(=O)O2. The van der Waals surface area contributed by atoms with Crippen LogP contribution in [0.1, 0.15) is 36.5 Å². The summed E-state index contributed by atoms with van der Waals surface area (Å²) in [4.78, 5) is 11.2. The van der Waals surface area contributed by atoms with E-state index in [1.54, 1.807) is 0 Å². The van der Waals surface area contributed by atoms with Crippen LogP contribution in [0.2, 0.25) is 0 Å². The molecule has 2 nitrogen and oxygen atoms in total. The number of hydrogen-bond acceptors (Lipinski definition) is 2. The minimum absolute atomic E-state index is 0.129. The summed E-state index contributed by atoms with van der Waals surface area (Å²) in [5, 5.41) is 0. The lowest BCUT2D eigenvalue weighted by molar-refractivity contribution is -0.131. The van der Waals surface area contributed by atoms with Crippen molar-refractivity contribution in [1.82, 2.24) is 0 Å². The van der Waals surface area contributed by atoms with Gasteiger partial charge in [0.25, 0.3) is 0 Å². The molecule has 1 aliphatic rings. The van der Waals surface area contributed by atoms with Gasteiger partial charge in [0, 0.05) is 5.56 Å². The summed E-state index contributed by atoms with van der Waals surface area (Å²) in [5.41, 5.74) is 3.35. The number of ether oxygens (including phenoxy) is 1. The third-order valence-electron chi connectivity index (χ3n) is 2.68. The topological polar surface area (TPSA) is 26.3 Å². The molecular formula is C12H14O2. The average molecular weight is 190 g/mol. The van der Waals surface area contributed by atoms with E-state index in [9.17, 15) is 4.79 Å². The zero-order valence-electron chi connectivity index (χ0n) is 8.76. The molecule has 0 fully saturated rings. The maximum Gasteiger partial charge on any atom is 0.315 e. The highest BCUT2D eigenvalue weighted by Crippen LogP contribution is 2.36. The molecule has 1 aromatic carbocycles. The molecule has 2 heteroatoms. The molecule has 0 aromatic heterocycles. The Kier molecular flexibility index (Phi) is 2.06. The maximum atomic E-state index is 11.2. The first-order chi connectivity index (χ1) is 6.59. The fraction of sp³-hybridized carbons (Fsp3) is 0.417. The molecule has 0 bridgehead atoms. The lowest BCUT2D eigenvalue weighted by Crippen LogP contribution is -2.01. The van der Waals surface area contributed by atoms with E-state index in [0.717, 1.165) is 22.4 Å². The molecule has 0 atom stereocenters. The van der Waals surface area contributed by atoms with Crippen LogP contribution in [0.3, 0.4) is 0 Å². The van der Waals surface area contributed by atoms with E-state index in [2.05, 4.69) is 26.0 Å². The highest BCUT2D eigenvalue weighted by molar-refractivity contribution is 5.82. The smallest absolute Gasteiger partial charge is 0.315 e. The van der Waals surface area contributed by atoms with Gasteiger partial charge in [0.15, 0.2) is 0 Å². The zero-order valence-corrected chi connectivity index (χ0v) is 8.76. The molecule has 14 heavy (non-hydrogen) atoms. The number of benzene rings is 1. The molecule has 0 amide bonds. The van der Waals surface area contributed by atoms with Crippen molar-refractivity contribution < 1.29 is 9.53 Å². The van der Waals surface area contributed by atoms with Crippen LogP contribution < -0.4 is 4.74 Å². The lowest BCUT2D eigenvalue weighted by atomic mass is 9.96. The Morgan fingerprint density at radius 1 is 1.36 bits per heavy atom. The summed E-state index contributed by atoms with van der Waals surface area (Å²) in [7, 11) is 0. The largest absolute Gasteiger partial charge is 0.426 e. The van der Waals surface area contributed by atoms with Crippen LogP contribution in [0.5, 0.6) is 5.75 Å². The first-order valence-corrected chi connectivity index (χ1v) is 4.92. The molecule has 1 heterocycles. The molecule has 2 rings (SSSR count). The second-order valence-corrected chi connectivity index (χ2v) is 4.08. The normalized spacial score (nSPS) is 14.4. The number of hydrogen-bond donors (Lipinski definition) is 0. The first kappa shape index (κ1) is 9.25. The van der Waals surface area contributed by atoms with Crippen LogP contribution in [-0.2, 0) is 11.2 Å². The molecule has 0 unspecified atom stereocenters. The van der Waals surface area contributed by atoms with Crippen molar-refractivity contribution in [3.8, 4) is 5.75 Å². The Hall–Kier alpha value is -1.31. The van der Waals surface area contributed by atoms with Gasteiger partial charge in [0.05, 0.1) is 6.42 Å². The number of aryl methyl sites for hydroxylation is 1. The van der Waals surface area contributed by atoms with Crippen molar-refractivity contribution in [2.75, 3.05) is 0 Å². The van der Waals surface area contributed by atoms with Crippen LogP contribution in [0, 0.1) is 6.92 Å². The number of carbonyl (C=O) groups is 1. The Morgan fingerprint density at radius 2 is 2.07 bits per heavy atom. The summed E-state index contributed by atoms with van der Waals surface area (Å²) in [5.74, 6) is 1.08. The standard InChI is InChI=1S/C12H14O2/c1-7(2)9-5-4-8(3)10-6-11(13)14-12(9)10/h4-5,7H,6H2,1-3H3. The molecule has 0 spiro atoms. The number of fused-ring (bicyclic) bond motifs is 1. The highest BCUT2D eigenvalue weighted by atomic mass is 16.5. The van der Waals surface area contributed by atoms with E-state index in [0.29, 0.717) is 12.3 Å². The molecule has 0 radical (unpaired) electrons. The van der Waals surface area contributed by atoms with E-state index in [1.165, 1.54) is 0 Å². The third-order valence-corrected chi connectivity index (χ3v) is 2.68. The molecule has 1 aliphatic heterocycles. The van der Waals surface area contributed by atoms with Crippen LogP contribution in [0.15, 0.2) is 12.1 Å². The van der Waals surface area contributed by atoms with Crippen molar-refractivity contribution in [2.45, 2.75) is 33.1 Å². The van der Waals surface area contributed by atoms with E-state index >= 15 is 0 Å². The van der Waals surface area contributed by atoms with Gasteiger partial charge in [-0.3, -0.25) is 4.79 Å². The summed E-state index contributed by atoms with van der Waals surface area (Å²) >= 11 is 0. The molecule has 0 aliphatic carbocycles. The fourth-order valence-electron chi connectivity index (χ4n) is 1.83. The Bertz CT molecular complexity index is 392. The van der Waals surface area contributed by atoms with Gasteiger partial charge in [-0.1, -0.05) is 26.0 Å². The third kappa shape index (κ3) is 1.31. The van der Waals surface area contributed by atoms with Crippen LogP contribution in [-0.4, -0.2) is 5.97 Å². The minimum atomic E-state index is -0.129. The molecular weight excluding hydrogens is 176 g/mol. The summed E-state index contributed by atoms with van der Waals surface area (Å²) in [6.45, 7) is 6.24. The molecule has 0 saturated heterocycles. The summed E-state index contributed by atoms with van der Waals surface area (Å²) in [6.07, 6.45) is 0.432. The predicted molar refractivity (Wildman–Crippen MR) is 54.6 cm³/mol. The molecule has 0 N–H and O–H groups in total. The van der Waals surface area contributed by atoms with Gasteiger partial charge in [0.1, 0.15) is 5.75 Å². The van der Waals surface area contributed by atoms with Gasteiger partial charge in [-0.05, 0) is 24.0 Å². The van der Waals surface area contributed by atoms with E-state index in [1.807, 2.05) is 6.92 Å². The van der Waals surface area contributed by atoms with Gasteiger partial charge in [-0.25, -0.2) is 0 Å². The van der Waals surface area contributed by atoms with E-state index < -0.39 is 0 Å². The van der Waals surface area contributed by atoms with Crippen LogP contribution in [0.4, 0.5) is 0 Å². The summed E-state index contributed by atoms with van der Waals surface area (Å²) < 4.78 is 5.24. The highest BCUT2D eigenvalue weighted by Gasteiger charge is 2.25. The first-order valence-electron chi connectivity index (χ1n) is 4.92.